The number of benzene rings is 2. The fraction of sp³-hybridized carbons (Fsp3) is 0.323. The average Bonchev–Trinajstić information content (AvgIpc) is 3.26. The van der Waals surface area contributed by atoms with Crippen LogP contribution >= 0.6 is 27.3 Å². The molecule has 9 nitrogen and oxygen atoms in total. The summed E-state index contributed by atoms with van der Waals surface area (Å²) in [6.07, 6.45) is 3.43. The van der Waals surface area contributed by atoms with E-state index in [2.05, 4.69) is 27.5 Å². The van der Waals surface area contributed by atoms with Gasteiger partial charge in [0.15, 0.2) is 27.8 Å². The molecule has 3 aromatic rings. The van der Waals surface area contributed by atoms with Gasteiger partial charge in [-0.25, -0.2) is 9.79 Å². The molecule has 0 spiro atoms. The molecule has 1 aromatic heterocycles. The van der Waals surface area contributed by atoms with E-state index in [1.165, 1.54) is 15.9 Å². The zero-order valence-corrected chi connectivity index (χ0v) is 26.6. The molecule has 1 atom stereocenters. The van der Waals surface area contributed by atoms with Crippen LogP contribution < -0.4 is 33.8 Å². The van der Waals surface area contributed by atoms with Crippen molar-refractivity contribution in [1.82, 2.24) is 4.57 Å². The van der Waals surface area contributed by atoms with Crippen LogP contribution in [-0.4, -0.2) is 44.1 Å². The molecule has 0 unspecified atom stereocenters. The maximum absolute atomic E-state index is 14.1. The third-order valence-corrected chi connectivity index (χ3v) is 7.99. The highest BCUT2D eigenvalue weighted by Gasteiger charge is 2.35. The number of halogens is 1. The number of hydrogen-bond donors (Lipinski definition) is 0. The molecule has 1 aliphatic heterocycles. The summed E-state index contributed by atoms with van der Waals surface area (Å²) in [5.41, 5.74) is 1.81. The topological polar surface area (TPSA) is 97.6 Å². The summed E-state index contributed by atoms with van der Waals surface area (Å²) >= 11 is 4.88. The smallest absolute Gasteiger partial charge is 0.338 e. The zero-order valence-electron chi connectivity index (χ0n) is 24.2. The lowest BCUT2D eigenvalue weighted by molar-refractivity contribution is -0.139. The van der Waals surface area contributed by atoms with Crippen LogP contribution in [0.15, 0.2) is 68.5 Å². The van der Waals surface area contributed by atoms with Crippen molar-refractivity contribution < 1.29 is 28.5 Å². The summed E-state index contributed by atoms with van der Waals surface area (Å²) in [5, 5.41) is 0. The number of rotatable bonds is 12. The van der Waals surface area contributed by atoms with E-state index in [1.54, 1.807) is 51.3 Å². The molecule has 0 saturated carbocycles. The van der Waals surface area contributed by atoms with Gasteiger partial charge in [-0.05, 0) is 69.2 Å². The number of carbonyl (C=O) groups excluding carboxylic acids is 1. The van der Waals surface area contributed by atoms with Gasteiger partial charge in [0.05, 0.1) is 48.8 Å². The molecule has 4 rings (SSSR count). The second-order valence-corrected chi connectivity index (χ2v) is 10.9. The summed E-state index contributed by atoms with van der Waals surface area (Å²) < 4.78 is 30.8. The Morgan fingerprint density at radius 2 is 1.76 bits per heavy atom. The number of esters is 1. The predicted octanol–water partition coefficient (Wildman–Crippen LogP) is 4.93. The van der Waals surface area contributed by atoms with Crippen LogP contribution in [0.4, 0.5) is 0 Å². The maximum atomic E-state index is 14.1. The Bertz CT molecular complexity index is 1710. The molecule has 11 heteroatoms. The van der Waals surface area contributed by atoms with E-state index in [4.69, 9.17) is 23.7 Å². The number of hydrogen-bond acceptors (Lipinski definition) is 9. The normalized spacial score (nSPS) is 14.6. The van der Waals surface area contributed by atoms with Crippen molar-refractivity contribution in [3.05, 3.63) is 89.5 Å². The highest BCUT2D eigenvalue weighted by Crippen LogP contribution is 2.41. The number of allylic oxidation sites excluding steroid dienone is 1. The molecule has 222 valence electrons. The molecule has 0 fully saturated rings. The van der Waals surface area contributed by atoms with Gasteiger partial charge in [0, 0.05) is 4.47 Å². The Hall–Kier alpha value is -3.83. The van der Waals surface area contributed by atoms with Gasteiger partial charge >= 0.3 is 5.97 Å². The molecule has 0 amide bonds. The molecular formula is C31H33BrN2O7S. The quantitative estimate of drug-likeness (QED) is 0.201. The fourth-order valence-corrected chi connectivity index (χ4v) is 6.16. The number of methoxy groups -OCH3 is 1. The van der Waals surface area contributed by atoms with Crippen molar-refractivity contribution in [2.45, 2.75) is 33.7 Å². The molecule has 2 heterocycles. The first-order valence-electron chi connectivity index (χ1n) is 13.5. The summed E-state index contributed by atoms with van der Waals surface area (Å²) in [5.74, 6) is 1.60. The number of carbonyl (C=O) groups is 1. The van der Waals surface area contributed by atoms with E-state index >= 15 is 0 Å². The highest BCUT2D eigenvalue weighted by molar-refractivity contribution is 9.10. The summed E-state index contributed by atoms with van der Waals surface area (Å²) in [6, 6.07) is 8.19. The molecule has 0 radical (unpaired) electrons. The Labute approximate surface area is 256 Å². The molecule has 2 aromatic carbocycles. The van der Waals surface area contributed by atoms with Crippen molar-refractivity contribution in [2.75, 3.05) is 33.5 Å². The number of fused-ring (bicyclic) bond motifs is 1. The molecule has 1 aliphatic rings. The summed E-state index contributed by atoms with van der Waals surface area (Å²) in [6.45, 7) is 12.3. The van der Waals surface area contributed by atoms with Crippen molar-refractivity contribution in [1.29, 1.82) is 0 Å². The van der Waals surface area contributed by atoms with Crippen LogP contribution in [-0.2, 0) is 9.53 Å². The van der Waals surface area contributed by atoms with Gasteiger partial charge in [-0.2, -0.15) is 0 Å². The Balaban J connectivity index is 1.93. The fourth-order valence-electron chi connectivity index (χ4n) is 4.58. The minimum Gasteiger partial charge on any atom is -0.493 e. The first kappa shape index (κ1) is 31.1. The maximum Gasteiger partial charge on any atom is 0.338 e. The van der Waals surface area contributed by atoms with Crippen molar-refractivity contribution in [3.8, 4) is 23.0 Å². The lowest BCUT2D eigenvalue weighted by atomic mass is 9.95. The SMILES string of the molecule is C=CCOc1ccc(/C=c2/sc3n(c2=O)[C@H](c2cc(OC)c(OCC)cc2Br)C(C(=O)OCC)=C(C)N=3)cc1OCC. The van der Waals surface area contributed by atoms with Crippen LogP contribution in [0, 0.1) is 0 Å². The number of aromatic nitrogens is 1. The average molecular weight is 658 g/mol. The predicted molar refractivity (Wildman–Crippen MR) is 166 cm³/mol. The van der Waals surface area contributed by atoms with E-state index in [0.717, 1.165) is 5.56 Å². The lowest BCUT2D eigenvalue weighted by Gasteiger charge is -2.26. The molecule has 42 heavy (non-hydrogen) atoms. The van der Waals surface area contributed by atoms with Crippen LogP contribution in [0.25, 0.3) is 6.08 Å². The van der Waals surface area contributed by atoms with Crippen molar-refractivity contribution >= 4 is 39.3 Å². The van der Waals surface area contributed by atoms with Crippen LogP contribution in [0.1, 0.15) is 44.9 Å². The Kier molecular flexibility index (Phi) is 10.3. The van der Waals surface area contributed by atoms with Gasteiger partial charge in [-0.3, -0.25) is 9.36 Å². The van der Waals surface area contributed by atoms with E-state index in [0.29, 0.717) is 67.9 Å². The highest BCUT2D eigenvalue weighted by atomic mass is 79.9. The van der Waals surface area contributed by atoms with Gasteiger partial charge in [0.1, 0.15) is 6.61 Å². The first-order chi connectivity index (χ1) is 20.3. The van der Waals surface area contributed by atoms with Gasteiger partial charge in [0.2, 0.25) is 0 Å². The van der Waals surface area contributed by atoms with Crippen molar-refractivity contribution in [2.24, 2.45) is 4.99 Å². The third kappa shape index (κ3) is 6.32. The van der Waals surface area contributed by atoms with E-state index in [9.17, 15) is 9.59 Å². The molecule has 0 N–H and O–H groups in total. The summed E-state index contributed by atoms with van der Waals surface area (Å²) in [7, 11) is 1.54. The third-order valence-electron chi connectivity index (χ3n) is 6.32. The van der Waals surface area contributed by atoms with Gasteiger partial charge in [-0.15, -0.1) is 0 Å². The Morgan fingerprint density at radius 1 is 1.05 bits per heavy atom. The minimum atomic E-state index is -0.824. The number of nitrogens with zero attached hydrogens (tertiary/aromatic N) is 2. The van der Waals surface area contributed by atoms with Gasteiger partial charge < -0.3 is 23.7 Å². The monoisotopic (exact) mass is 656 g/mol. The van der Waals surface area contributed by atoms with E-state index < -0.39 is 12.0 Å². The van der Waals surface area contributed by atoms with Crippen molar-refractivity contribution in [3.63, 3.8) is 0 Å². The first-order valence-corrected chi connectivity index (χ1v) is 15.1. The standard InChI is InChI=1S/C31H33BrN2O7S/c1-7-13-41-22-12-11-19(14-24(22)38-8-2)15-26-29(35)34-28(20-16-23(37-6)25(39-9-3)17-21(20)32)27(30(36)40-10-4)18(5)33-31(34)42-26/h7,11-12,14-17,28H,1,8-10,13H2,2-6H3/b26-15+/t28-/m1/s1. The Morgan fingerprint density at radius 3 is 2.40 bits per heavy atom. The molecule has 0 aliphatic carbocycles. The lowest BCUT2D eigenvalue weighted by Crippen LogP contribution is -2.40. The second-order valence-electron chi connectivity index (χ2n) is 9.00. The van der Waals surface area contributed by atoms with E-state index in [-0.39, 0.29) is 17.7 Å². The molecule has 0 bridgehead atoms. The van der Waals surface area contributed by atoms with Crippen LogP contribution in [0.2, 0.25) is 0 Å². The second kappa shape index (κ2) is 13.9. The number of ether oxygens (including phenoxy) is 5. The largest absolute Gasteiger partial charge is 0.493 e. The zero-order chi connectivity index (χ0) is 30.4. The van der Waals surface area contributed by atoms with Gasteiger partial charge in [-0.1, -0.05) is 46.0 Å². The summed E-state index contributed by atoms with van der Waals surface area (Å²) in [4.78, 5) is 32.5. The number of thiazole rings is 1. The minimum absolute atomic E-state index is 0.176. The van der Waals surface area contributed by atoms with Crippen LogP contribution in [0.5, 0.6) is 23.0 Å². The van der Waals surface area contributed by atoms with Crippen LogP contribution in [0.3, 0.4) is 0 Å². The van der Waals surface area contributed by atoms with E-state index in [1.807, 2.05) is 26.0 Å². The molecular weight excluding hydrogens is 624 g/mol. The molecule has 0 saturated heterocycles. The van der Waals surface area contributed by atoms with Gasteiger partial charge in [0.25, 0.3) is 5.56 Å².